The van der Waals surface area contributed by atoms with Gasteiger partial charge in [0, 0.05) is 23.0 Å². The van der Waals surface area contributed by atoms with E-state index in [-0.39, 0.29) is 5.41 Å². The average molecular weight is 1050 g/mol. The molecule has 17 rings (SSSR count). The summed E-state index contributed by atoms with van der Waals surface area (Å²) in [6.07, 6.45) is 5.92. The van der Waals surface area contributed by atoms with Crippen LogP contribution in [0, 0.1) is 6.33 Å². The zero-order chi connectivity index (χ0) is 54.4. The van der Waals surface area contributed by atoms with Gasteiger partial charge in [-0.15, -0.1) is 0 Å². The summed E-state index contributed by atoms with van der Waals surface area (Å²) in [5.74, 6) is 2.34. The van der Waals surface area contributed by atoms with E-state index in [1.54, 1.807) is 0 Å². The summed E-state index contributed by atoms with van der Waals surface area (Å²) in [6, 6.07) is 93.5. The molecule has 0 bridgehead atoms. The van der Waals surface area contributed by atoms with Crippen molar-refractivity contribution in [1.29, 1.82) is 0 Å². The maximum absolute atomic E-state index is 6.92. The number of hydrogen-bond acceptors (Lipinski definition) is 2. The van der Waals surface area contributed by atoms with Gasteiger partial charge < -0.3 is 4.74 Å². The molecule has 0 atom stereocenters. The van der Waals surface area contributed by atoms with Crippen LogP contribution in [0.3, 0.4) is 0 Å². The lowest BCUT2D eigenvalue weighted by Gasteiger charge is -2.30. The number of ether oxygens (including phenoxy) is 1. The first-order valence-corrected chi connectivity index (χ1v) is 28.3. The monoisotopic (exact) mass is 1050 g/mol. The summed E-state index contributed by atoms with van der Waals surface area (Å²) in [4.78, 5) is 4.93. The number of fused-ring (bicyclic) bond motifs is 20. The van der Waals surface area contributed by atoms with Crippen LogP contribution in [-0.2, 0) is 10.8 Å². The summed E-state index contributed by atoms with van der Waals surface area (Å²) in [6.45, 7) is 6.73. The molecule has 4 heterocycles. The van der Waals surface area contributed by atoms with Crippen LogP contribution in [0.4, 0.5) is 0 Å². The van der Waals surface area contributed by atoms with Gasteiger partial charge in [-0.3, -0.25) is 13.7 Å². The van der Waals surface area contributed by atoms with Gasteiger partial charge in [0.05, 0.1) is 38.9 Å². The van der Waals surface area contributed by atoms with Crippen LogP contribution in [0.25, 0.3) is 117 Å². The lowest BCUT2D eigenvalue weighted by Crippen LogP contribution is -2.31. The van der Waals surface area contributed by atoms with Crippen molar-refractivity contribution in [3.05, 3.63) is 295 Å². The normalized spacial score (nSPS) is 13.2. The molecular formula is C77H52N4O. The van der Waals surface area contributed by atoms with Gasteiger partial charge >= 0.3 is 0 Å². The Balaban J connectivity index is 0.836. The average Bonchev–Trinajstić information content (AvgIpc) is 2.41. The number of imidazole rings is 1. The van der Waals surface area contributed by atoms with Gasteiger partial charge in [-0.1, -0.05) is 209 Å². The van der Waals surface area contributed by atoms with E-state index in [9.17, 15) is 0 Å². The van der Waals surface area contributed by atoms with Crippen molar-refractivity contribution in [2.45, 2.75) is 31.6 Å². The third kappa shape index (κ3) is 6.62. The number of rotatable bonds is 5. The molecule has 0 N–H and O–H groups in total. The van der Waals surface area contributed by atoms with Crippen LogP contribution in [-0.4, -0.2) is 14.1 Å². The van der Waals surface area contributed by atoms with Crippen LogP contribution in [0.1, 0.15) is 48.6 Å². The maximum atomic E-state index is 6.92. The van der Waals surface area contributed by atoms with Gasteiger partial charge in [0.15, 0.2) is 0 Å². The number of para-hydroxylation sites is 2. The number of nitrogens with zero attached hydrogens (tertiary/aromatic N) is 4. The van der Waals surface area contributed by atoms with E-state index in [2.05, 4.69) is 290 Å². The molecule has 0 unspecified atom stereocenters. The van der Waals surface area contributed by atoms with Crippen molar-refractivity contribution >= 4 is 32.8 Å². The Labute approximate surface area is 475 Å². The summed E-state index contributed by atoms with van der Waals surface area (Å²) >= 11 is 0. The van der Waals surface area contributed by atoms with E-state index >= 15 is 0 Å². The predicted molar refractivity (Wildman–Crippen MR) is 333 cm³/mol. The molecule has 1 spiro atoms. The third-order valence-electron chi connectivity index (χ3n) is 17.8. The quantitative estimate of drug-likeness (QED) is 0.127. The second-order valence-corrected chi connectivity index (χ2v) is 23.2. The highest BCUT2D eigenvalue weighted by Crippen LogP contribution is 2.63. The van der Waals surface area contributed by atoms with Crippen molar-refractivity contribution in [2.75, 3.05) is 0 Å². The van der Waals surface area contributed by atoms with Gasteiger partial charge in [-0.2, -0.15) is 0 Å². The Morgan fingerprint density at radius 2 is 0.951 bits per heavy atom. The second kappa shape index (κ2) is 17.3. The van der Waals surface area contributed by atoms with Gasteiger partial charge in [0.2, 0.25) is 0 Å². The maximum Gasteiger partial charge on any atom is 0.269 e. The van der Waals surface area contributed by atoms with Crippen LogP contribution in [0.15, 0.2) is 261 Å². The minimum absolute atomic E-state index is 0.0327. The highest BCUT2D eigenvalue weighted by atomic mass is 16.5. The summed E-state index contributed by atoms with van der Waals surface area (Å²) < 4.78 is 13.7. The number of aromatic nitrogens is 4. The SMILES string of the molecule is CC(C)(C)c1ccnc(-n2c3ccccc3c3ccc(Oc4cccc(-n5[c-][n+]6c7c(cccc75)-c5ccccc5-c5ccccc5-c5ccc(-c7ccc8c(c7)C7(c9ccccc9-c9ccccc97)c7ccccc7-8)cc5-6)c4)cc32)c1. The van der Waals surface area contributed by atoms with E-state index < -0.39 is 5.41 Å². The molecule has 3 aliphatic rings. The number of hydrogen-bond donors (Lipinski definition) is 0. The fourth-order valence-corrected chi connectivity index (χ4v) is 14.1. The fraction of sp³-hybridized carbons (Fsp3) is 0.0649. The molecule has 14 aromatic rings. The summed E-state index contributed by atoms with van der Waals surface area (Å²) in [5.41, 5.74) is 26.7. The van der Waals surface area contributed by atoms with E-state index in [0.717, 1.165) is 84.0 Å². The standard InChI is InChI=1S/C77H52N4O/c1-76(2,3)50-40-41-78-74(44-50)81-70-32-15-11-27-62(70)64-39-36-53(46-73(64)81)82-52-19-16-18-51(45-52)79-47-80-72-43-49(35-38-63(72)56-22-6-4-20-54(56)55-21-5-7-23-57(55)65-28-17-33-71(79)75(65)80)48-34-37-61-60-26-10-14-31-68(60)77(69(61)42-48)66-29-12-8-24-58(66)59-25-9-13-30-67(59)77/h4-46H,1-3H3. The first-order chi connectivity index (χ1) is 40.3. The zero-order valence-electron chi connectivity index (χ0n) is 45.5. The minimum Gasteiger partial charge on any atom is -0.458 e. The highest BCUT2D eigenvalue weighted by molar-refractivity contribution is 6.09. The Hall–Kier alpha value is -10.4. The molecule has 0 saturated heterocycles. The van der Waals surface area contributed by atoms with Crippen molar-refractivity contribution in [3.8, 4) is 95.5 Å². The molecule has 0 amide bonds. The van der Waals surface area contributed by atoms with Gasteiger partial charge in [-0.05, 0) is 161 Å². The number of benzene rings is 11. The first-order valence-electron chi connectivity index (χ1n) is 28.3. The largest absolute Gasteiger partial charge is 0.458 e. The Morgan fingerprint density at radius 3 is 1.65 bits per heavy atom. The molecule has 0 radical (unpaired) electrons. The van der Waals surface area contributed by atoms with Crippen molar-refractivity contribution < 1.29 is 9.30 Å². The van der Waals surface area contributed by atoms with E-state index in [1.165, 1.54) is 72.1 Å². The lowest BCUT2D eigenvalue weighted by molar-refractivity contribution is -0.571. The zero-order valence-corrected chi connectivity index (χ0v) is 45.5. The molecule has 1 aliphatic heterocycles. The fourth-order valence-electron chi connectivity index (χ4n) is 14.1. The molecule has 5 heteroatoms. The Bertz CT molecular complexity index is 4960. The molecule has 5 nitrogen and oxygen atoms in total. The van der Waals surface area contributed by atoms with Crippen LogP contribution in [0.5, 0.6) is 11.5 Å². The minimum atomic E-state index is -0.451. The predicted octanol–water partition coefficient (Wildman–Crippen LogP) is 18.6. The molecule has 386 valence electrons. The second-order valence-electron chi connectivity index (χ2n) is 23.2. The molecule has 11 aromatic carbocycles. The van der Waals surface area contributed by atoms with Crippen LogP contribution < -0.4 is 9.30 Å². The molecular weight excluding hydrogens is 997 g/mol. The van der Waals surface area contributed by atoms with Gasteiger partial charge in [-0.25, -0.2) is 4.98 Å². The van der Waals surface area contributed by atoms with Crippen LogP contribution in [0.2, 0.25) is 0 Å². The smallest absolute Gasteiger partial charge is 0.269 e. The topological polar surface area (TPSA) is 35.9 Å². The van der Waals surface area contributed by atoms with E-state index in [0.29, 0.717) is 0 Å². The first kappa shape index (κ1) is 46.5. The number of pyridine rings is 1. The third-order valence-corrected chi connectivity index (χ3v) is 17.8. The van der Waals surface area contributed by atoms with E-state index in [1.807, 2.05) is 12.3 Å². The van der Waals surface area contributed by atoms with Crippen molar-refractivity contribution in [1.82, 2.24) is 14.1 Å². The molecule has 0 saturated carbocycles. The van der Waals surface area contributed by atoms with Crippen molar-refractivity contribution in [2.24, 2.45) is 0 Å². The molecule has 2 aliphatic carbocycles. The highest BCUT2D eigenvalue weighted by Gasteiger charge is 2.51. The Morgan fingerprint density at radius 1 is 0.415 bits per heavy atom. The summed E-state index contributed by atoms with van der Waals surface area (Å²) in [5, 5.41) is 2.31. The molecule has 0 fully saturated rings. The Kier molecular flexibility index (Phi) is 9.83. The van der Waals surface area contributed by atoms with Gasteiger partial charge in [0.25, 0.3) is 6.33 Å². The van der Waals surface area contributed by atoms with Crippen LogP contribution >= 0.6 is 0 Å². The molecule has 3 aromatic heterocycles. The van der Waals surface area contributed by atoms with Gasteiger partial charge in [0.1, 0.15) is 17.3 Å². The lowest BCUT2D eigenvalue weighted by atomic mass is 9.70. The van der Waals surface area contributed by atoms with E-state index in [4.69, 9.17) is 9.72 Å². The summed E-state index contributed by atoms with van der Waals surface area (Å²) in [7, 11) is 0. The molecule has 82 heavy (non-hydrogen) atoms. The van der Waals surface area contributed by atoms with Crippen molar-refractivity contribution in [3.63, 3.8) is 0 Å².